The number of nitrogens with zero attached hydrogens (tertiary/aromatic N) is 7. The predicted octanol–water partition coefficient (Wildman–Crippen LogP) is 8.23. The quantitative estimate of drug-likeness (QED) is 0.101. The van der Waals surface area contributed by atoms with Gasteiger partial charge in [0.1, 0.15) is 30.0 Å². The Bertz CT molecular complexity index is 3030. The van der Waals surface area contributed by atoms with Crippen molar-refractivity contribution in [2.24, 2.45) is 5.92 Å². The number of nitrogens with one attached hydrogen (secondary N) is 2. The summed E-state index contributed by atoms with van der Waals surface area (Å²) in [5.41, 5.74) is 6.18. The number of aliphatic hydroxyl groups is 1. The van der Waals surface area contributed by atoms with E-state index >= 15 is 9.18 Å². The summed E-state index contributed by atoms with van der Waals surface area (Å²) in [6.45, 7) is 15.8. The average molecular weight is 932 g/mol. The van der Waals surface area contributed by atoms with Crippen LogP contribution in [0.5, 0.6) is 0 Å². The summed E-state index contributed by atoms with van der Waals surface area (Å²) in [6, 6.07) is 17.1. The second-order valence-corrected chi connectivity index (χ2v) is 22.2. The van der Waals surface area contributed by atoms with Crippen molar-refractivity contribution >= 4 is 46.4 Å². The number of benzene rings is 3. The standard InChI is InChI=1S/C50H59FN9O6P/c1-8-52-39-27-36(12-14-42(39)67(64,9-2)10-3)57-19-20-58(49(57)63)45-43-32(7)56(18-15-38(43)54-60(45)37-23-29(4)44(51)30(5)24-37)46(61)41-26-35-25-34(33-16-21-65-22-17-33)11-13-40(35)59(41)50(28-31(50)6)47-53-48(62)66-55-47/h11-14,19-20,23-27,31-33,49,52,63H,8-10,15-18,21-22,28H2,1-7H3,(H,53,55,62). The summed E-state index contributed by atoms with van der Waals surface area (Å²) in [5, 5.41) is 26.9. The van der Waals surface area contributed by atoms with Crippen LogP contribution in [-0.4, -0.2) is 85.4 Å². The number of aryl methyl sites for hydroxylation is 2. The number of aromatic amines is 1. The SMILES string of the molecule is CCNc1cc(N2C=CN(c3c4c(nn3-c3cc(C)c(F)c(C)c3)CCN(C(=O)c3cc5cc(C6CCOCC6)ccc5n3C3(c5noc(=O)[nH]5)CC3C)C4C)C2O)ccc1P(=O)(CC)CC. The number of ether oxygens (including phenoxy) is 1. The Morgan fingerprint density at radius 1 is 0.985 bits per heavy atom. The predicted molar refractivity (Wildman–Crippen MR) is 258 cm³/mol. The fourth-order valence-corrected chi connectivity index (χ4v) is 13.1. The van der Waals surface area contributed by atoms with Gasteiger partial charge in [-0.15, -0.1) is 0 Å². The minimum absolute atomic E-state index is 0.0302. The molecule has 0 radical (unpaired) electrons. The van der Waals surface area contributed by atoms with Crippen LogP contribution in [0.25, 0.3) is 16.6 Å². The minimum Gasteiger partial charge on any atom is -0.385 e. The Labute approximate surface area is 388 Å². The van der Waals surface area contributed by atoms with Crippen LogP contribution >= 0.6 is 7.14 Å². The van der Waals surface area contributed by atoms with Gasteiger partial charge in [-0.25, -0.2) is 13.9 Å². The number of amides is 1. The number of fused-ring (bicyclic) bond motifs is 2. The number of hydrogen-bond acceptors (Lipinski definition) is 11. The van der Waals surface area contributed by atoms with Crippen molar-refractivity contribution in [1.82, 2.24) is 29.4 Å². The molecule has 0 spiro atoms. The van der Waals surface area contributed by atoms with E-state index in [1.54, 1.807) is 52.9 Å². The van der Waals surface area contributed by atoms with Crippen molar-refractivity contribution in [3.05, 3.63) is 123 Å². The van der Waals surface area contributed by atoms with Gasteiger partial charge in [-0.1, -0.05) is 32.0 Å². The smallest absolute Gasteiger partial charge is 0.385 e. The maximum atomic E-state index is 15.6. The van der Waals surface area contributed by atoms with Crippen LogP contribution in [-0.2, 0) is 21.3 Å². The molecule has 3 aromatic heterocycles. The fraction of sp³-hybridized carbons (Fsp3) is 0.440. The Hall–Kier alpha value is -5.96. The summed E-state index contributed by atoms with van der Waals surface area (Å²) < 4.78 is 43.8. The van der Waals surface area contributed by atoms with Crippen LogP contribution in [0.4, 0.5) is 21.6 Å². The third-order valence-corrected chi connectivity index (χ3v) is 18.2. The van der Waals surface area contributed by atoms with Gasteiger partial charge in [0.25, 0.3) is 5.91 Å². The maximum absolute atomic E-state index is 15.6. The lowest BCUT2D eigenvalue weighted by Gasteiger charge is -2.36. The van der Waals surface area contributed by atoms with Crippen LogP contribution in [0.15, 0.2) is 76.3 Å². The van der Waals surface area contributed by atoms with E-state index in [-0.39, 0.29) is 17.6 Å². The lowest BCUT2D eigenvalue weighted by atomic mass is 9.91. The van der Waals surface area contributed by atoms with E-state index in [4.69, 9.17) is 14.4 Å². The monoisotopic (exact) mass is 931 g/mol. The van der Waals surface area contributed by atoms with E-state index in [0.29, 0.717) is 97.2 Å². The first-order valence-corrected chi connectivity index (χ1v) is 25.7. The number of carbonyl (C=O) groups excluding carboxylic acids is 1. The van der Waals surface area contributed by atoms with Crippen LogP contribution < -0.4 is 26.2 Å². The molecule has 67 heavy (non-hydrogen) atoms. The minimum atomic E-state index is -2.64. The number of hydrogen-bond donors (Lipinski definition) is 3. The third-order valence-electron chi connectivity index (χ3n) is 14.9. The van der Waals surface area contributed by atoms with Gasteiger partial charge in [0, 0.05) is 90.6 Å². The largest absolute Gasteiger partial charge is 0.438 e. The highest BCUT2D eigenvalue weighted by atomic mass is 31.2. The zero-order valence-electron chi connectivity index (χ0n) is 39.2. The van der Waals surface area contributed by atoms with Gasteiger partial charge >= 0.3 is 5.76 Å². The maximum Gasteiger partial charge on any atom is 0.438 e. The van der Waals surface area contributed by atoms with Crippen LogP contribution in [0.3, 0.4) is 0 Å². The molecule has 352 valence electrons. The van der Waals surface area contributed by atoms with Crippen molar-refractivity contribution in [2.45, 2.75) is 98.0 Å². The molecule has 1 saturated carbocycles. The van der Waals surface area contributed by atoms with E-state index in [9.17, 15) is 14.5 Å². The summed E-state index contributed by atoms with van der Waals surface area (Å²) in [7, 11) is -2.64. The normalized spacial score (nSPS) is 22.0. The first kappa shape index (κ1) is 44.9. The summed E-state index contributed by atoms with van der Waals surface area (Å²) in [4.78, 5) is 36.2. The zero-order valence-corrected chi connectivity index (χ0v) is 40.1. The molecule has 4 aliphatic rings. The Morgan fingerprint density at radius 2 is 1.70 bits per heavy atom. The molecule has 0 bridgehead atoms. The Balaban J connectivity index is 1.07. The van der Waals surface area contributed by atoms with Crippen LogP contribution in [0.1, 0.15) is 110 Å². The molecule has 1 saturated heterocycles. The van der Waals surface area contributed by atoms with E-state index in [0.717, 1.165) is 46.0 Å². The summed E-state index contributed by atoms with van der Waals surface area (Å²) in [6.07, 6.45) is 6.31. The Morgan fingerprint density at radius 3 is 2.36 bits per heavy atom. The molecule has 6 heterocycles. The highest BCUT2D eigenvalue weighted by molar-refractivity contribution is 7.71. The van der Waals surface area contributed by atoms with Gasteiger partial charge in [0.2, 0.25) is 6.35 Å². The number of aliphatic hydroxyl groups excluding tert-OH is 1. The molecular formula is C50H59FN9O6P. The topological polar surface area (TPSA) is 167 Å². The van der Waals surface area contributed by atoms with Crippen molar-refractivity contribution < 1.29 is 28.1 Å². The van der Waals surface area contributed by atoms with Gasteiger partial charge in [-0.2, -0.15) is 5.10 Å². The second kappa shape index (κ2) is 17.0. The number of carbonyl (C=O) groups is 1. The van der Waals surface area contributed by atoms with E-state index in [2.05, 4.69) is 45.1 Å². The van der Waals surface area contributed by atoms with Gasteiger partial charge in [-0.05, 0) is 124 Å². The van der Waals surface area contributed by atoms with Gasteiger partial charge in [-0.3, -0.25) is 19.2 Å². The second-order valence-electron chi connectivity index (χ2n) is 18.7. The van der Waals surface area contributed by atoms with E-state index in [1.807, 2.05) is 56.9 Å². The number of H-pyrrole nitrogens is 1. The van der Waals surface area contributed by atoms with Crippen LogP contribution in [0.2, 0.25) is 0 Å². The first-order valence-electron chi connectivity index (χ1n) is 23.6. The molecule has 15 nitrogen and oxygen atoms in total. The average Bonchev–Trinajstić information content (AvgIpc) is 3.83. The van der Waals surface area contributed by atoms with E-state index in [1.165, 1.54) is 5.56 Å². The van der Waals surface area contributed by atoms with Gasteiger partial charge in [0.15, 0.2) is 5.82 Å². The number of rotatable bonds is 12. The number of aromatic nitrogens is 5. The lowest BCUT2D eigenvalue weighted by Crippen LogP contribution is -2.43. The third kappa shape index (κ3) is 7.25. The molecule has 3 N–H and O–H groups in total. The first-order chi connectivity index (χ1) is 32.2. The highest BCUT2D eigenvalue weighted by Gasteiger charge is 2.59. The molecule has 3 aromatic carbocycles. The molecule has 4 unspecified atom stereocenters. The zero-order chi connectivity index (χ0) is 47.1. The van der Waals surface area contributed by atoms with Crippen molar-refractivity contribution in [3.63, 3.8) is 0 Å². The molecule has 17 heteroatoms. The molecule has 1 aliphatic carbocycles. The van der Waals surface area contributed by atoms with Gasteiger partial charge in [0.05, 0.1) is 17.4 Å². The van der Waals surface area contributed by atoms with Crippen LogP contribution in [0, 0.1) is 25.6 Å². The van der Waals surface area contributed by atoms with E-state index < -0.39 is 30.8 Å². The number of halogens is 1. The van der Waals surface area contributed by atoms with Crippen molar-refractivity contribution in [3.8, 4) is 5.69 Å². The van der Waals surface area contributed by atoms with Crippen molar-refractivity contribution in [2.75, 3.05) is 53.7 Å². The molecule has 10 rings (SSSR count). The molecule has 3 aliphatic heterocycles. The number of anilines is 3. The molecular weight excluding hydrogens is 873 g/mol. The summed E-state index contributed by atoms with van der Waals surface area (Å²) in [5.74, 6) is 0.125. The molecule has 2 fully saturated rings. The molecule has 1 amide bonds. The molecule has 4 atom stereocenters. The fourth-order valence-electron chi connectivity index (χ4n) is 11.0. The summed E-state index contributed by atoms with van der Waals surface area (Å²) >= 11 is 0. The lowest BCUT2D eigenvalue weighted by molar-refractivity contribution is 0.0663. The molecule has 6 aromatic rings. The Kier molecular flexibility index (Phi) is 11.4. The highest BCUT2D eigenvalue weighted by Crippen LogP contribution is 2.56. The van der Waals surface area contributed by atoms with Crippen molar-refractivity contribution in [1.29, 1.82) is 0 Å². The van der Waals surface area contributed by atoms with Gasteiger partial charge < -0.3 is 34.1 Å².